The zero-order chi connectivity index (χ0) is 21.8. The van der Waals surface area contributed by atoms with Gasteiger partial charge in [0.05, 0.1) is 12.0 Å². The Morgan fingerprint density at radius 3 is 2.23 bits per heavy atom. The van der Waals surface area contributed by atoms with Crippen molar-refractivity contribution in [3.8, 4) is 5.75 Å². The fraction of sp³-hybridized carbons (Fsp3) is 0.478. The molecular weight excluding hydrogens is 434 g/mol. The highest BCUT2D eigenvalue weighted by molar-refractivity contribution is 7.89. The van der Waals surface area contributed by atoms with Gasteiger partial charge in [-0.15, -0.1) is 0 Å². The molecule has 168 valence electrons. The number of ether oxygens (including phenoxy) is 1. The quantitative estimate of drug-likeness (QED) is 0.706. The molecule has 1 N–H and O–H groups in total. The summed E-state index contributed by atoms with van der Waals surface area (Å²) in [6, 6.07) is 14.7. The van der Waals surface area contributed by atoms with Gasteiger partial charge in [-0.2, -0.15) is 0 Å². The average molecular weight is 464 g/mol. The highest BCUT2D eigenvalue weighted by atomic mass is 35.5. The Balaban J connectivity index is 1.40. The molecule has 2 atom stereocenters. The number of anilines is 1. The van der Waals surface area contributed by atoms with E-state index in [2.05, 4.69) is 26.7 Å². The van der Waals surface area contributed by atoms with Crippen molar-refractivity contribution in [2.75, 3.05) is 38.2 Å². The molecule has 1 saturated heterocycles. The number of halogens is 1. The van der Waals surface area contributed by atoms with Crippen LogP contribution in [0.5, 0.6) is 5.75 Å². The summed E-state index contributed by atoms with van der Waals surface area (Å²) in [5, 5.41) is 0.532. The molecule has 0 unspecified atom stereocenters. The van der Waals surface area contributed by atoms with Crippen molar-refractivity contribution in [1.29, 1.82) is 0 Å². The normalized spacial score (nSPS) is 23.0. The van der Waals surface area contributed by atoms with Gasteiger partial charge in [-0.05, 0) is 61.4 Å². The van der Waals surface area contributed by atoms with Crippen LogP contribution in [0.3, 0.4) is 0 Å². The minimum Gasteiger partial charge on any atom is -0.497 e. The molecule has 0 radical (unpaired) electrons. The van der Waals surface area contributed by atoms with E-state index in [1.165, 1.54) is 5.69 Å². The fourth-order valence-electron chi connectivity index (χ4n) is 4.67. The SMILES string of the molecule is COc1ccc(N2CCN([C@H]3CCCC[C@@H]3NS(=O)(=O)c3ccc(Cl)cc3)CC2)cc1. The Hall–Kier alpha value is -1.80. The minimum absolute atomic E-state index is 0.0676. The molecule has 1 heterocycles. The van der Waals surface area contributed by atoms with Crippen LogP contribution in [0.4, 0.5) is 5.69 Å². The van der Waals surface area contributed by atoms with Crippen LogP contribution < -0.4 is 14.4 Å². The largest absolute Gasteiger partial charge is 0.497 e. The molecule has 0 aromatic heterocycles. The third-order valence-electron chi connectivity index (χ3n) is 6.38. The molecule has 1 aliphatic carbocycles. The molecule has 2 fully saturated rings. The Morgan fingerprint density at radius 2 is 1.58 bits per heavy atom. The third-order valence-corrected chi connectivity index (χ3v) is 8.14. The van der Waals surface area contributed by atoms with Crippen molar-refractivity contribution >= 4 is 27.3 Å². The number of benzene rings is 2. The van der Waals surface area contributed by atoms with E-state index in [0.29, 0.717) is 5.02 Å². The number of piperazine rings is 1. The van der Waals surface area contributed by atoms with E-state index < -0.39 is 10.0 Å². The second-order valence-electron chi connectivity index (χ2n) is 8.25. The first-order valence-corrected chi connectivity index (χ1v) is 12.7. The van der Waals surface area contributed by atoms with Crippen LogP contribution >= 0.6 is 11.6 Å². The number of methoxy groups -OCH3 is 1. The first-order valence-electron chi connectivity index (χ1n) is 10.9. The van der Waals surface area contributed by atoms with Crippen molar-refractivity contribution in [2.45, 2.75) is 42.7 Å². The van der Waals surface area contributed by atoms with Crippen molar-refractivity contribution in [3.05, 3.63) is 53.6 Å². The summed E-state index contributed by atoms with van der Waals surface area (Å²) in [5.41, 5.74) is 1.20. The zero-order valence-electron chi connectivity index (χ0n) is 17.8. The van der Waals surface area contributed by atoms with E-state index in [9.17, 15) is 8.42 Å². The Bertz CT molecular complexity index is 959. The van der Waals surface area contributed by atoms with Gasteiger partial charge in [0, 0.05) is 49.0 Å². The van der Waals surface area contributed by atoms with Gasteiger partial charge in [-0.25, -0.2) is 13.1 Å². The number of hydrogen-bond acceptors (Lipinski definition) is 5. The summed E-state index contributed by atoms with van der Waals surface area (Å²) < 4.78 is 34.1. The lowest BCUT2D eigenvalue weighted by Gasteiger charge is -2.44. The van der Waals surface area contributed by atoms with Gasteiger partial charge in [0.1, 0.15) is 5.75 Å². The van der Waals surface area contributed by atoms with E-state index in [1.54, 1.807) is 31.4 Å². The molecule has 0 amide bonds. The lowest BCUT2D eigenvalue weighted by atomic mass is 9.89. The van der Waals surface area contributed by atoms with Crippen molar-refractivity contribution in [1.82, 2.24) is 9.62 Å². The molecular formula is C23H30ClN3O3S. The lowest BCUT2D eigenvalue weighted by molar-refractivity contribution is 0.124. The second-order valence-corrected chi connectivity index (χ2v) is 10.4. The van der Waals surface area contributed by atoms with Crippen LogP contribution in [-0.2, 0) is 10.0 Å². The molecule has 8 heteroatoms. The molecule has 0 spiro atoms. The Morgan fingerprint density at radius 1 is 0.935 bits per heavy atom. The van der Waals surface area contributed by atoms with Gasteiger partial charge < -0.3 is 9.64 Å². The number of sulfonamides is 1. The summed E-state index contributed by atoms with van der Waals surface area (Å²) in [7, 11) is -1.89. The van der Waals surface area contributed by atoms with E-state index >= 15 is 0 Å². The molecule has 6 nitrogen and oxygen atoms in total. The average Bonchev–Trinajstić information content (AvgIpc) is 2.80. The van der Waals surface area contributed by atoms with Crippen molar-refractivity contribution in [2.24, 2.45) is 0 Å². The summed E-state index contributed by atoms with van der Waals surface area (Å²) in [6.07, 6.45) is 4.09. The van der Waals surface area contributed by atoms with Crippen LogP contribution in [0.2, 0.25) is 5.02 Å². The smallest absolute Gasteiger partial charge is 0.240 e. The highest BCUT2D eigenvalue weighted by Crippen LogP contribution is 2.27. The predicted molar refractivity (Wildman–Crippen MR) is 125 cm³/mol. The first-order chi connectivity index (χ1) is 15.0. The summed E-state index contributed by atoms with van der Waals surface area (Å²) in [6.45, 7) is 3.71. The maximum Gasteiger partial charge on any atom is 0.240 e. The number of rotatable bonds is 6. The summed E-state index contributed by atoms with van der Waals surface area (Å²) >= 11 is 5.92. The van der Waals surface area contributed by atoms with Crippen LogP contribution in [0.1, 0.15) is 25.7 Å². The summed E-state index contributed by atoms with van der Waals surface area (Å²) in [4.78, 5) is 5.12. The maximum absolute atomic E-state index is 12.9. The standard InChI is InChI=1S/C23H30ClN3O3S/c1-30-20-10-8-19(9-11-20)26-14-16-27(17-15-26)23-5-3-2-4-22(23)25-31(28,29)21-12-6-18(24)7-13-21/h6-13,22-23,25H,2-5,14-17H2,1H3/t22-,23-/m0/s1. The number of hydrogen-bond donors (Lipinski definition) is 1. The number of nitrogens with one attached hydrogen (secondary N) is 1. The second kappa shape index (κ2) is 9.77. The van der Waals surface area contributed by atoms with Crippen LogP contribution in [-0.4, -0.2) is 58.7 Å². The van der Waals surface area contributed by atoms with E-state index in [-0.39, 0.29) is 17.0 Å². The third kappa shape index (κ3) is 5.34. The highest BCUT2D eigenvalue weighted by Gasteiger charge is 2.34. The predicted octanol–water partition coefficient (Wildman–Crippen LogP) is 3.76. The molecule has 2 aromatic carbocycles. The molecule has 31 heavy (non-hydrogen) atoms. The topological polar surface area (TPSA) is 61.9 Å². The van der Waals surface area contributed by atoms with Gasteiger partial charge in [0.15, 0.2) is 0 Å². The molecule has 1 aliphatic heterocycles. The van der Waals surface area contributed by atoms with Gasteiger partial charge in [-0.1, -0.05) is 24.4 Å². The van der Waals surface area contributed by atoms with Crippen LogP contribution in [0, 0.1) is 0 Å². The number of nitrogens with zero attached hydrogens (tertiary/aromatic N) is 2. The Kier molecular flexibility index (Phi) is 7.06. The lowest BCUT2D eigenvalue weighted by Crippen LogP contribution is -2.58. The van der Waals surface area contributed by atoms with Crippen molar-refractivity contribution < 1.29 is 13.2 Å². The van der Waals surface area contributed by atoms with Gasteiger partial charge in [0.25, 0.3) is 0 Å². The molecule has 0 bridgehead atoms. The van der Waals surface area contributed by atoms with E-state index in [0.717, 1.165) is 57.6 Å². The van der Waals surface area contributed by atoms with Gasteiger partial charge in [0.2, 0.25) is 10.0 Å². The summed E-state index contributed by atoms with van der Waals surface area (Å²) in [5.74, 6) is 0.861. The van der Waals surface area contributed by atoms with Crippen molar-refractivity contribution in [3.63, 3.8) is 0 Å². The minimum atomic E-state index is -3.57. The molecule has 2 aliphatic rings. The van der Waals surface area contributed by atoms with Gasteiger partial charge in [-0.3, -0.25) is 4.90 Å². The zero-order valence-corrected chi connectivity index (χ0v) is 19.4. The Labute approximate surface area is 190 Å². The van der Waals surface area contributed by atoms with Gasteiger partial charge >= 0.3 is 0 Å². The molecule has 1 saturated carbocycles. The monoisotopic (exact) mass is 463 g/mol. The van der Waals surface area contributed by atoms with E-state index in [1.807, 2.05) is 12.1 Å². The fourth-order valence-corrected chi connectivity index (χ4v) is 6.10. The molecule has 2 aromatic rings. The maximum atomic E-state index is 12.9. The van der Waals surface area contributed by atoms with Crippen LogP contribution in [0.25, 0.3) is 0 Å². The van der Waals surface area contributed by atoms with E-state index in [4.69, 9.17) is 16.3 Å². The van der Waals surface area contributed by atoms with Crippen LogP contribution in [0.15, 0.2) is 53.4 Å². The first kappa shape index (κ1) is 22.4. The molecule has 4 rings (SSSR count).